The quantitative estimate of drug-likeness (QED) is 0.918. The van der Waals surface area contributed by atoms with Crippen LogP contribution >= 0.6 is 23.2 Å². The lowest BCUT2D eigenvalue weighted by atomic mass is 9.90. The molecular weight excluding hydrogens is 315 g/mol. The van der Waals surface area contributed by atoms with Crippen LogP contribution < -0.4 is 5.73 Å². The lowest BCUT2D eigenvalue weighted by molar-refractivity contribution is 0.175. The summed E-state index contributed by atoms with van der Waals surface area (Å²) in [6.45, 7) is 2.50. The number of nitrogens with two attached hydrogens (primary N) is 1. The largest absolute Gasteiger partial charge is 0.329 e. The highest BCUT2D eigenvalue weighted by molar-refractivity contribution is 6.30. The van der Waals surface area contributed by atoms with E-state index in [2.05, 4.69) is 29.2 Å². The molecule has 116 valence electrons. The van der Waals surface area contributed by atoms with Gasteiger partial charge in [0.05, 0.1) is 0 Å². The maximum atomic E-state index is 6.13. The third-order valence-electron chi connectivity index (χ3n) is 4.31. The standard InChI is InChI=1S/C18H20Cl2N2/c19-16-4-1-13(2-5-16)9-18-11-14-3-6-17(20)10-15(14)12-22(18)8-7-21/h1-6,10,18H,7-9,11-12,21H2. The van der Waals surface area contributed by atoms with Crippen LogP contribution in [0.4, 0.5) is 0 Å². The summed E-state index contributed by atoms with van der Waals surface area (Å²) < 4.78 is 0. The van der Waals surface area contributed by atoms with Gasteiger partial charge in [-0.05, 0) is 53.8 Å². The molecule has 0 spiro atoms. The molecule has 2 aromatic rings. The molecule has 0 amide bonds. The second-order valence-electron chi connectivity index (χ2n) is 5.86. The lowest BCUT2D eigenvalue weighted by Gasteiger charge is -2.37. The predicted octanol–water partition coefficient (Wildman–Crippen LogP) is 3.92. The maximum Gasteiger partial charge on any atom is 0.0409 e. The molecule has 1 aliphatic heterocycles. The minimum atomic E-state index is 0.471. The van der Waals surface area contributed by atoms with Crippen LogP contribution in [0.5, 0.6) is 0 Å². The van der Waals surface area contributed by atoms with Gasteiger partial charge in [-0.3, -0.25) is 4.90 Å². The van der Waals surface area contributed by atoms with E-state index < -0.39 is 0 Å². The highest BCUT2D eigenvalue weighted by atomic mass is 35.5. The first-order valence-corrected chi connectivity index (χ1v) is 8.37. The average Bonchev–Trinajstić information content (AvgIpc) is 2.50. The molecular formula is C18H20Cl2N2. The zero-order valence-corrected chi connectivity index (χ0v) is 13.9. The van der Waals surface area contributed by atoms with Gasteiger partial charge in [-0.15, -0.1) is 0 Å². The van der Waals surface area contributed by atoms with E-state index in [-0.39, 0.29) is 0 Å². The first-order chi connectivity index (χ1) is 10.7. The Kier molecular flexibility index (Phi) is 5.04. The lowest BCUT2D eigenvalue weighted by Crippen LogP contribution is -2.44. The third-order valence-corrected chi connectivity index (χ3v) is 4.80. The zero-order valence-electron chi connectivity index (χ0n) is 12.4. The Morgan fingerprint density at radius 1 is 1.00 bits per heavy atom. The van der Waals surface area contributed by atoms with E-state index in [0.29, 0.717) is 12.6 Å². The Labute approximate surface area is 141 Å². The van der Waals surface area contributed by atoms with Crippen molar-refractivity contribution in [1.82, 2.24) is 4.90 Å². The second-order valence-corrected chi connectivity index (χ2v) is 6.73. The van der Waals surface area contributed by atoms with E-state index in [1.54, 1.807) is 0 Å². The maximum absolute atomic E-state index is 6.13. The molecule has 2 nitrogen and oxygen atoms in total. The summed E-state index contributed by atoms with van der Waals surface area (Å²) in [7, 11) is 0. The Bertz CT molecular complexity index is 640. The molecule has 0 saturated carbocycles. The van der Waals surface area contributed by atoms with Gasteiger partial charge in [0.1, 0.15) is 0 Å². The number of hydrogen-bond donors (Lipinski definition) is 1. The average molecular weight is 335 g/mol. The van der Waals surface area contributed by atoms with Crippen LogP contribution in [0.1, 0.15) is 16.7 Å². The first kappa shape index (κ1) is 15.8. The highest BCUT2D eigenvalue weighted by Crippen LogP contribution is 2.27. The number of rotatable bonds is 4. The van der Waals surface area contributed by atoms with E-state index in [4.69, 9.17) is 28.9 Å². The van der Waals surface area contributed by atoms with Gasteiger partial charge in [0.15, 0.2) is 0 Å². The first-order valence-electron chi connectivity index (χ1n) is 7.61. The molecule has 0 radical (unpaired) electrons. The molecule has 0 fully saturated rings. The molecule has 0 aliphatic carbocycles. The Hall–Kier alpha value is -1.06. The topological polar surface area (TPSA) is 29.3 Å². The van der Waals surface area contributed by atoms with E-state index in [0.717, 1.165) is 36.0 Å². The number of hydrogen-bond acceptors (Lipinski definition) is 2. The van der Waals surface area contributed by atoms with Crippen LogP contribution in [0.15, 0.2) is 42.5 Å². The van der Waals surface area contributed by atoms with Gasteiger partial charge in [0.25, 0.3) is 0 Å². The molecule has 22 heavy (non-hydrogen) atoms. The van der Waals surface area contributed by atoms with Crippen LogP contribution in [0, 0.1) is 0 Å². The monoisotopic (exact) mass is 334 g/mol. The molecule has 1 unspecified atom stereocenters. The molecule has 3 rings (SSSR count). The summed E-state index contributed by atoms with van der Waals surface area (Å²) in [6, 6.07) is 14.8. The predicted molar refractivity (Wildman–Crippen MR) is 93.6 cm³/mol. The van der Waals surface area contributed by atoms with E-state index >= 15 is 0 Å². The molecule has 1 atom stereocenters. The van der Waals surface area contributed by atoms with Crippen LogP contribution in [0.25, 0.3) is 0 Å². The minimum absolute atomic E-state index is 0.471. The SMILES string of the molecule is NCCN1Cc2cc(Cl)ccc2CC1Cc1ccc(Cl)cc1. The van der Waals surface area contributed by atoms with E-state index in [9.17, 15) is 0 Å². The molecule has 0 bridgehead atoms. The Morgan fingerprint density at radius 2 is 1.73 bits per heavy atom. The van der Waals surface area contributed by atoms with Gasteiger partial charge in [-0.2, -0.15) is 0 Å². The van der Waals surface area contributed by atoms with Crippen molar-refractivity contribution in [2.75, 3.05) is 13.1 Å². The Morgan fingerprint density at radius 3 is 2.45 bits per heavy atom. The van der Waals surface area contributed by atoms with Crippen molar-refractivity contribution in [2.45, 2.75) is 25.4 Å². The van der Waals surface area contributed by atoms with E-state index in [1.807, 2.05) is 18.2 Å². The summed E-state index contributed by atoms with van der Waals surface area (Å²) in [6.07, 6.45) is 2.05. The van der Waals surface area contributed by atoms with Gasteiger partial charge in [0.2, 0.25) is 0 Å². The normalized spacial score (nSPS) is 18.2. The van der Waals surface area contributed by atoms with Crippen molar-refractivity contribution in [3.05, 3.63) is 69.2 Å². The van der Waals surface area contributed by atoms with Crippen molar-refractivity contribution in [3.8, 4) is 0 Å². The van der Waals surface area contributed by atoms with E-state index in [1.165, 1.54) is 16.7 Å². The Balaban J connectivity index is 1.82. The fraction of sp³-hybridized carbons (Fsp3) is 0.333. The third kappa shape index (κ3) is 3.64. The molecule has 0 aromatic heterocycles. The molecule has 1 heterocycles. The zero-order chi connectivity index (χ0) is 15.5. The molecule has 4 heteroatoms. The fourth-order valence-electron chi connectivity index (χ4n) is 3.19. The van der Waals surface area contributed by atoms with Crippen molar-refractivity contribution in [2.24, 2.45) is 5.73 Å². The van der Waals surface area contributed by atoms with Crippen molar-refractivity contribution >= 4 is 23.2 Å². The minimum Gasteiger partial charge on any atom is -0.329 e. The molecule has 0 saturated heterocycles. The molecule has 2 N–H and O–H groups in total. The fourth-order valence-corrected chi connectivity index (χ4v) is 3.51. The molecule has 2 aromatic carbocycles. The number of nitrogens with zero attached hydrogens (tertiary/aromatic N) is 1. The summed E-state index contributed by atoms with van der Waals surface area (Å²) >= 11 is 12.1. The molecule has 1 aliphatic rings. The van der Waals surface area contributed by atoms with Crippen LogP contribution in [-0.4, -0.2) is 24.0 Å². The van der Waals surface area contributed by atoms with Crippen molar-refractivity contribution in [1.29, 1.82) is 0 Å². The summed E-state index contributed by atoms with van der Waals surface area (Å²) in [4.78, 5) is 2.47. The van der Waals surface area contributed by atoms with Gasteiger partial charge in [-0.1, -0.05) is 41.4 Å². The number of benzene rings is 2. The van der Waals surface area contributed by atoms with Crippen molar-refractivity contribution in [3.63, 3.8) is 0 Å². The number of halogens is 2. The summed E-state index contributed by atoms with van der Waals surface area (Å²) in [5, 5.41) is 1.59. The van der Waals surface area contributed by atoms with Gasteiger partial charge in [-0.25, -0.2) is 0 Å². The van der Waals surface area contributed by atoms with Gasteiger partial charge >= 0.3 is 0 Å². The van der Waals surface area contributed by atoms with Gasteiger partial charge < -0.3 is 5.73 Å². The second kappa shape index (κ2) is 7.01. The van der Waals surface area contributed by atoms with Crippen LogP contribution in [0.3, 0.4) is 0 Å². The highest BCUT2D eigenvalue weighted by Gasteiger charge is 2.25. The van der Waals surface area contributed by atoms with Gasteiger partial charge in [0, 0.05) is 35.7 Å². The summed E-state index contributed by atoms with van der Waals surface area (Å²) in [5.41, 5.74) is 9.84. The smallest absolute Gasteiger partial charge is 0.0409 e. The van der Waals surface area contributed by atoms with Crippen LogP contribution in [0.2, 0.25) is 10.0 Å². The summed E-state index contributed by atoms with van der Waals surface area (Å²) in [5.74, 6) is 0. The van der Waals surface area contributed by atoms with Crippen molar-refractivity contribution < 1.29 is 0 Å². The number of fused-ring (bicyclic) bond motifs is 1. The van der Waals surface area contributed by atoms with Crippen LogP contribution in [-0.2, 0) is 19.4 Å².